The number of rotatable bonds is 5. The lowest BCUT2D eigenvalue weighted by Crippen LogP contribution is -2.37. The van der Waals surface area contributed by atoms with Gasteiger partial charge in [-0.1, -0.05) is 42.5 Å². The third-order valence-electron chi connectivity index (χ3n) is 3.41. The number of nitrogens with zero attached hydrogens (tertiary/aromatic N) is 1. The van der Waals surface area contributed by atoms with Crippen molar-refractivity contribution < 1.29 is 14.6 Å². The van der Waals surface area contributed by atoms with Gasteiger partial charge in [-0.05, 0) is 30.2 Å². The van der Waals surface area contributed by atoms with Crippen LogP contribution >= 0.6 is 0 Å². The first-order valence-electron chi connectivity index (χ1n) is 7.25. The summed E-state index contributed by atoms with van der Waals surface area (Å²) in [6.45, 7) is 1.86. The molecule has 1 amide bonds. The average molecular weight is 310 g/mol. The van der Waals surface area contributed by atoms with E-state index < -0.39 is 18.2 Å². The van der Waals surface area contributed by atoms with E-state index in [0.29, 0.717) is 11.1 Å². The monoisotopic (exact) mass is 310 g/mol. The van der Waals surface area contributed by atoms with E-state index in [-0.39, 0.29) is 6.61 Å². The van der Waals surface area contributed by atoms with Gasteiger partial charge in [0, 0.05) is 0 Å². The minimum Gasteiger partial charge on any atom is -0.445 e. The Labute approximate surface area is 135 Å². The van der Waals surface area contributed by atoms with Crippen LogP contribution in [0.5, 0.6) is 0 Å². The van der Waals surface area contributed by atoms with Crippen molar-refractivity contribution in [1.82, 2.24) is 5.32 Å². The Morgan fingerprint density at radius 1 is 1.22 bits per heavy atom. The zero-order valence-electron chi connectivity index (χ0n) is 12.8. The van der Waals surface area contributed by atoms with Crippen LogP contribution in [-0.2, 0) is 11.3 Å². The third-order valence-corrected chi connectivity index (χ3v) is 3.41. The number of aliphatic hydroxyl groups excluding tert-OH is 1. The lowest BCUT2D eigenvalue weighted by Gasteiger charge is -2.20. The molecule has 2 aromatic carbocycles. The van der Waals surface area contributed by atoms with E-state index >= 15 is 0 Å². The molecule has 0 fully saturated rings. The van der Waals surface area contributed by atoms with Crippen LogP contribution in [0.4, 0.5) is 4.79 Å². The maximum atomic E-state index is 11.8. The van der Waals surface area contributed by atoms with Crippen LogP contribution in [0.3, 0.4) is 0 Å². The second-order valence-electron chi connectivity index (χ2n) is 5.17. The van der Waals surface area contributed by atoms with E-state index in [0.717, 1.165) is 5.56 Å². The van der Waals surface area contributed by atoms with Crippen LogP contribution in [0.2, 0.25) is 0 Å². The van der Waals surface area contributed by atoms with Crippen LogP contribution in [0.15, 0.2) is 54.6 Å². The minimum absolute atomic E-state index is 0.173. The normalized spacial score (nSPS) is 12.7. The molecule has 0 aliphatic rings. The second kappa shape index (κ2) is 7.97. The Morgan fingerprint density at radius 3 is 2.48 bits per heavy atom. The van der Waals surface area contributed by atoms with Crippen LogP contribution in [0.1, 0.15) is 29.7 Å². The van der Waals surface area contributed by atoms with Crippen LogP contribution in [0, 0.1) is 11.3 Å². The summed E-state index contributed by atoms with van der Waals surface area (Å²) in [5.41, 5.74) is 2.03. The van der Waals surface area contributed by atoms with E-state index in [2.05, 4.69) is 5.32 Å². The summed E-state index contributed by atoms with van der Waals surface area (Å²) in [5, 5.41) is 21.6. The molecule has 2 N–H and O–H groups in total. The molecule has 2 rings (SSSR count). The second-order valence-corrected chi connectivity index (χ2v) is 5.17. The van der Waals surface area contributed by atoms with Gasteiger partial charge in [0.1, 0.15) is 6.61 Å². The summed E-state index contributed by atoms with van der Waals surface area (Å²) >= 11 is 0. The van der Waals surface area contributed by atoms with Crippen molar-refractivity contribution in [2.45, 2.75) is 25.7 Å². The van der Waals surface area contributed by atoms with Crippen molar-refractivity contribution in [3.8, 4) is 6.07 Å². The third kappa shape index (κ3) is 4.83. The molecule has 5 heteroatoms. The molecule has 0 bridgehead atoms. The Kier molecular flexibility index (Phi) is 5.73. The van der Waals surface area contributed by atoms with Gasteiger partial charge in [0.05, 0.1) is 23.8 Å². The molecule has 0 saturated carbocycles. The van der Waals surface area contributed by atoms with Gasteiger partial charge in [-0.25, -0.2) is 4.79 Å². The number of hydrogen-bond acceptors (Lipinski definition) is 4. The van der Waals surface area contributed by atoms with Crippen molar-refractivity contribution in [3.63, 3.8) is 0 Å². The standard InChI is InChI=1S/C18H18N2O3/c1-13(17(21)16-9-7-14(11-19)8-10-16)20-18(22)23-12-15-5-3-2-4-6-15/h2-10,13,17,21H,12H2,1H3,(H,20,22)/t13-,17-/m0/s1. The molecule has 0 heterocycles. The van der Waals surface area contributed by atoms with E-state index in [9.17, 15) is 9.90 Å². The van der Waals surface area contributed by atoms with Gasteiger partial charge in [-0.15, -0.1) is 0 Å². The molecule has 0 aliphatic carbocycles. The average Bonchev–Trinajstić information content (AvgIpc) is 2.60. The summed E-state index contributed by atoms with van der Waals surface area (Å²) in [6, 6.07) is 17.4. The van der Waals surface area contributed by atoms with Gasteiger partial charge >= 0.3 is 6.09 Å². The number of carbonyl (C=O) groups is 1. The number of hydrogen-bond donors (Lipinski definition) is 2. The molecule has 118 valence electrons. The topological polar surface area (TPSA) is 82.3 Å². The largest absolute Gasteiger partial charge is 0.445 e. The zero-order valence-corrected chi connectivity index (χ0v) is 12.8. The lowest BCUT2D eigenvalue weighted by molar-refractivity contribution is 0.106. The van der Waals surface area contributed by atoms with Crippen molar-refractivity contribution in [1.29, 1.82) is 5.26 Å². The summed E-state index contributed by atoms with van der Waals surface area (Å²) in [4.78, 5) is 11.8. The fourth-order valence-electron chi connectivity index (χ4n) is 2.07. The summed E-state index contributed by atoms with van der Waals surface area (Å²) in [5.74, 6) is 0. The quantitative estimate of drug-likeness (QED) is 0.889. The Hall–Kier alpha value is -2.84. The molecular weight excluding hydrogens is 292 g/mol. The minimum atomic E-state index is -0.882. The van der Waals surface area contributed by atoms with Gasteiger partial charge in [0.15, 0.2) is 0 Å². The van der Waals surface area contributed by atoms with Crippen molar-refractivity contribution >= 4 is 6.09 Å². The van der Waals surface area contributed by atoms with E-state index in [1.807, 2.05) is 36.4 Å². The van der Waals surface area contributed by atoms with Gasteiger partial charge in [0.2, 0.25) is 0 Å². The molecule has 0 radical (unpaired) electrons. The Bertz CT molecular complexity index is 678. The number of carbonyl (C=O) groups excluding carboxylic acids is 1. The number of alkyl carbamates (subject to hydrolysis) is 1. The zero-order chi connectivity index (χ0) is 16.7. The SMILES string of the molecule is C[C@H](NC(=O)OCc1ccccc1)[C@H](O)c1ccc(C#N)cc1. The molecule has 0 aromatic heterocycles. The molecule has 0 aliphatic heterocycles. The van der Waals surface area contributed by atoms with Gasteiger partial charge < -0.3 is 15.2 Å². The van der Waals surface area contributed by atoms with Gasteiger partial charge in [-0.3, -0.25) is 0 Å². The highest BCUT2D eigenvalue weighted by Crippen LogP contribution is 2.17. The number of nitriles is 1. The fourth-order valence-corrected chi connectivity index (χ4v) is 2.07. The maximum Gasteiger partial charge on any atom is 0.407 e. The summed E-state index contributed by atoms with van der Waals surface area (Å²) < 4.78 is 5.12. The van der Waals surface area contributed by atoms with Crippen LogP contribution in [0.25, 0.3) is 0 Å². The van der Waals surface area contributed by atoms with E-state index in [4.69, 9.17) is 10.00 Å². The fraction of sp³-hybridized carbons (Fsp3) is 0.222. The van der Waals surface area contributed by atoms with Crippen LogP contribution < -0.4 is 5.32 Å². The molecule has 5 nitrogen and oxygen atoms in total. The predicted molar refractivity (Wildman–Crippen MR) is 85.3 cm³/mol. The highest BCUT2D eigenvalue weighted by molar-refractivity contribution is 5.67. The Balaban J connectivity index is 1.86. The van der Waals surface area contributed by atoms with Crippen molar-refractivity contribution in [2.24, 2.45) is 0 Å². The highest BCUT2D eigenvalue weighted by atomic mass is 16.5. The summed E-state index contributed by atoms with van der Waals surface area (Å²) in [7, 11) is 0. The molecule has 23 heavy (non-hydrogen) atoms. The number of benzene rings is 2. The van der Waals surface area contributed by atoms with Crippen LogP contribution in [-0.4, -0.2) is 17.2 Å². The van der Waals surface area contributed by atoms with Gasteiger partial charge in [-0.2, -0.15) is 5.26 Å². The highest BCUT2D eigenvalue weighted by Gasteiger charge is 2.19. The number of ether oxygens (including phenoxy) is 1. The lowest BCUT2D eigenvalue weighted by atomic mass is 10.0. The first-order valence-corrected chi connectivity index (χ1v) is 7.25. The first-order chi connectivity index (χ1) is 11.1. The predicted octanol–water partition coefficient (Wildman–Crippen LogP) is 2.91. The van der Waals surface area contributed by atoms with Gasteiger partial charge in [0.25, 0.3) is 0 Å². The molecule has 0 spiro atoms. The molecule has 2 atom stereocenters. The molecule has 0 unspecified atom stereocenters. The molecule has 2 aromatic rings. The van der Waals surface area contributed by atoms with Crippen molar-refractivity contribution in [2.75, 3.05) is 0 Å². The maximum absolute atomic E-state index is 11.8. The molecular formula is C18H18N2O3. The molecule has 0 saturated heterocycles. The summed E-state index contributed by atoms with van der Waals surface area (Å²) in [6.07, 6.45) is -1.47. The van der Waals surface area contributed by atoms with E-state index in [1.165, 1.54) is 0 Å². The van der Waals surface area contributed by atoms with E-state index in [1.54, 1.807) is 31.2 Å². The number of aliphatic hydroxyl groups is 1. The Morgan fingerprint density at radius 2 is 1.87 bits per heavy atom. The first kappa shape index (κ1) is 16.5. The number of nitrogens with one attached hydrogen (secondary N) is 1. The van der Waals surface area contributed by atoms with Crippen molar-refractivity contribution in [3.05, 3.63) is 71.3 Å². The smallest absolute Gasteiger partial charge is 0.407 e. The number of amides is 1.